The highest BCUT2D eigenvalue weighted by molar-refractivity contribution is 5.96. The van der Waals surface area contributed by atoms with E-state index >= 15 is 0 Å². The highest BCUT2D eigenvalue weighted by Crippen LogP contribution is 2.19. The lowest BCUT2D eigenvalue weighted by Crippen LogP contribution is -2.41. The monoisotopic (exact) mass is 363 g/mol. The molecule has 1 aromatic carbocycles. The maximum absolute atomic E-state index is 12.6. The van der Waals surface area contributed by atoms with Crippen molar-refractivity contribution in [1.29, 1.82) is 0 Å². The third-order valence-electron chi connectivity index (χ3n) is 4.77. The van der Waals surface area contributed by atoms with Crippen LogP contribution in [0.15, 0.2) is 48.7 Å². The number of methoxy groups -OCH3 is 1. The molecular weight excluding hydrogens is 342 g/mol. The first-order valence-electron chi connectivity index (χ1n) is 8.99. The van der Waals surface area contributed by atoms with Crippen LogP contribution in [0.3, 0.4) is 0 Å². The van der Waals surface area contributed by atoms with Gasteiger partial charge in [0.25, 0.3) is 5.91 Å². The lowest BCUT2D eigenvalue weighted by Gasteiger charge is -2.25. The van der Waals surface area contributed by atoms with Crippen molar-refractivity contribution < 1.29 is 9.53 Å². The van der Waals surface area contributed by atoms with Gasteiger partial charge in [-0.1, -0.05) is 30.3 Å². The summed E-state index contributed by atoms with van der Waals surface area (Å²) in [5.41, 5.74) is 1.64. The molecule has 7 heteroatoms. The predicted octanol–water partition coefficient (Wildman–Crippen LogP) is 2.02. The number of ether oxygens (including phenoxy) is 1. The summed E-state index contributed by atoms with van der Waals surface area (Å²) in [6, 6.07) is 13.7. The fourth-order valence-electron chi connectivity index (χ4n) is 3.40. The largest absolute Gasteiger partial charge is 0.480 e. The van der Waals surface area contributed by atoms with Gasteiger partial charge in [0.05, 0.1) is 7.11 Å². The van der Waals surface area contributed by atoms with E-state index in [-0.39, 0.29) is 11.9 Å². The number of hydrogen-bond donors (Lipinski definition) is 1. The standard InChI is InChI=1S/C20H21N5O2/c1-27-20-16(8-5-11-21-20)19(26)22-15-9-10-17-23-24-18(25(17)13-15)12-14-6-3-2-4-7-14/h2-8,11,15H,9-10,12-13H2,1H3,(H,22,26). The molecule has 7 nitrogen and oxygen atoms in total. The smallest absolute Gasteiger partial charge is 0.257 e. The number of amides is 1. The molecule has 0 fully saturated rings. The van der Waals surface area contributed by atoms with Crippen LogP contribution >= 0.6 is 0 Å². The van der Waals surface area contributed by atoms with Gasteiger partial charge in [-0.25, -0.2) is 4.98 Å². The van der Waals surface area contributed by atoms with Crippen LogP contribution in [0.1, 0.15) is 34.0 Å². The van der Waals surface area contributed by atoms with Gasteiger partial charge < -0.3 is 14.6 Å². The Labute approximate surface area is 157 Å². The third-order valence-corrected chi connectivity index (χ3v) is 4.77. The fourth-order valence-corrected chi connectivity index (χ4v) is 3.40. The Morgan fingerprint density at radius 3 is 2.89 bits per heavy atom. The Bertz CT molecular complexity index is 939. The molecule has 1 aliphatic rings. The Balaban J connectivity index is 1.48. The van der Waals surface area contributed by atoms with Crippen LogP contribution in [0.2, 0.25) is 0 Å². The molecule has 4 rings (SSSR count). The van der Waals surface area contributed by atoms with Gasteiger partial charge in [-0.2, -0.15) is 0 Å². The van der Waals surface area contributed by atoms with Crippen LogP contribution < -0.4 is 10.1 Å². The molecule has 138 valence electrons. The fraction of sp³-hybridized carbons (Fsp3) is 0.300. The topological polar surface area (TPSA) is 81.9 Å². The van der Waals surface area contributed by atoms with E-state index in [4.69, 9.17) is 4.74 Å². The summed E-state index contributed by atoms with van der Waals surface area (Å²) in [4.78, 5) is 16.7. The summed E-state index contributed by atoms with van der Waals surface area (Å²) in [6.07, 6.45) is 3.95. The first kappa shape index (κ1) is 17.2. The maximum Gasteiger partial charge on any atom is 0.257 e. The SMILES string of the molecule is COc1ncccc1C(=O)NC1CCc2nnc(Cc3ccccc3)n2C1. The minimum Gasteiger partial charge on any atom is -0.480 e. The molecule has 2 aromatic heterocycles. The molecule has 27 heavy (non-hydrogen) atoms. The molecule has 1 N–H and O–H groups in total. The predicted molar refractivity (Wildman–Crippen MR) is 99.6 cm³/mol. The number of fused-ring (bicyclic) bond motifs is 1. The number of rotatable bonds is 5. The zero-order valence-electron chi connectivity index (χ0n) is 15.1. The van der Waals surface area contributed by atoms with Crippen LogP contribution in [0.5, 0.6) is 5.88 Å². The zero-order chi connectivity index (χ0) is 18.6. The van der Waals surface area contributed by atoms with E-state index in [2.05, 4.69) is 37.2 Å². The quantitative estimate of drug-likeness (QED) is 0.750. The van der Waals surface area contributed by atoms with Crippen molar-refractivity contribution in [1.82, 2.24) is 25.1 Å². The molecule has 3 aromatic rings. The summed E-state index contributed by atoms with van der Waals surface area (Å²) in [5.74, 6) is 2.06. The van der Waals surface area contributed by atoms with E-state index in [0.29, 0.717) is 18.0 Å². The number of carbonyl (C=O) groups is 1. The minimum absolute atomic E-state index is 0.0143. The number of nitrogens with one attached hydrogen (secondary N) is 1. The Kier molecular flexibility index (Phi) is 4.82. The summed E-state index contributed by atoms with van der Waals surface area (Å²) < 4.78 is 7.31. The second-order valence-electron chi connectivity index (χ2n) is 6.57. The van der Waals surface area contributed by atoms with Crippen LogP contribution in [0.25, 0.3) is 0 Å². The Hall–Kier alpha value is -3.22. The highest BCUT2D eigenvalue weighted by atomic mass is 16.5. The molecule has 0 aliphatic carbocycles. The number of aryl methyl sites for hydroxylation is 1. The minimum atomic E-state index is -0.175. The van der Waals surface area contributed by atoms with E-state index in [9.17, 15) is 4.79 Å². The number of nitrogens with zero attached hydrogens (tertiary/aromatic N) is 4. The summed E-state index contributed by atoms with van der Waals surface area (Å²) in [7, 11) is 1.51. The number of benzene rings is 1. The molecule has 0 spiro atoms. The molecule has 1 amide bonds. The van der Waals surface area contributed by atoms with Gasteiger partial charge in [-0.3, -0.25) is 4.79 Å². The highest BCUT2D eigenvalue weighted by Gasteiger charge is 2.25. The van der Waals surface area contributed by atoms with E-state index in [1.807, 2.05) is 18.2 Å². The summed E-state index contributed by atoms with van der Waals surface area (Å²) in [6.45, 7) is 0.665. The second kappa shape index (κ2) is 7.57. The van der Waals surface area contributed by atoms with E-state index in [1.165, 1.54) is 12.7 Å². The molecule has 3 heterocycles. The molecule has 0 saturated carbocycles. The van der Waals surface area contributed by atoms with Gasteiger partial charge in [0.2, 0.25) is 5.88 Å². The Morgan fingerprint density at radius 2 is 2.07 bits per heavy atom. The maximum atomic E-state index is 12.6. The van der Waals surface area contributed by atoms with E-state index in [0.717, 1.165) is 30.9 Å². The van der Waals surface area contributed by atoms with Crippen LogP contribution in [0, 0.1) is 0 Å². The van der Waals surface area contributed by atoms with E-state index in [1.54, 1.807) is 18.3 Å². The molecule has 0 bridgehead atoms. The molecule has 1 aliphatic heterocycles. The van der Waals surface area contributed by atoms with Gasteiger partial charge in [-0.15, -0.1) is 10.2 Å². The molecule has 0 radical (unpaired) electrons. The van der Waals surface area contributed by atoms with Crippen molar-refractivity contribution in [3.05, 3.63) is 71.4 Å². The molecule has 1 unspecified atom stereocenters. The second-order valence-corrected chi connectivity index (χ2v) is 6.57. The van der Waals surface area contributed by atoms with Crippen LogP contribution in [-0.2, 0) is 19.4 Å². The van der Waals surface area contributed by atoms with Gasteiger partial charge in [0.15, 0.2) is 0 Å². The first-order valence-corrected chi connectivity index (χ1v) is 8.99. The average Bonchev–Trinajstić information content (AvgIpc) is 3.11. The molecule has 1 atom stereocenters. The van der Waals surface area contributed by atoms with Gasteiger partial charge in [0, 0.05) is 31.6 Å². The lowest BCUT2D eigenvalue weighted by atomic mass is 10.1. The van der Waals surface area contributed by atoms with Crippen LogP contribution in [-0.4, -0.2) is 38.8 Å². The Morgan fingerprint density at radius 1 is 1.22 bits per heavy atom. The lowest BCUT2D eigenvalue weighted by molar-refractivity contribution is 0.0923. The van der Waals surface area contributed by atoms with Crippen LogP contribution in [0.4, 0.5) is 0 Å². The number of pyridine rings is 1. The average molecular weight is 363 g/mol. The molecular formula is C20H21N5O2. The summed E-state index contributed by atoms with van der Waals surface area (Å²) >= 11 is 0. The molecule has 0 saturated heterocycles. The first-order chi connectivity index (χ1) is 13.2. The van der Waals surface area contributed by atoms with Crippen molar-refractivity contribution in [3.63, 3.8) is 0 Å². The number of aromatic nitrogens is 4. The van der Waals surface area contributed by atoms with Crippen molar-refractivity contribution >= 4 is 5.91 Å². The van der Waals surface area contributed by atoms with Crippen molar-refractivity contribution in [2.45, 2.75) is 31.8 Å². The van der Waals surface area contributed by atoms with Crippen molar-refractivity contribution in [3.8, 4) is 5.88 Å². The summed E-state index contributed by atoms with van der Waals surface area (Å²) in [5, 5.41) is 11.8. The van der Waals surface area contributed by atoms with E-state index < -0.39 is 0 Å². The third kappa shape index (κ3) is 3.67. The number of carbonyl (C=O) groups excluding carboxylic acids is 1. The van der Waals surface area contributed by atoms with Crippen molar-refractivity contribution in [2.75, 3.05) is 7.11 Å². The van der Waals surface area contributed by atoms with Gasteiger partial charge >= 0.3 is 0 Å². The normalized spacial score (nSPS) is 15.8. The zero-order valence-corrected chi connectivity index (χ0v) is 15.1. The van der Waals surface area contributed by atoms with Gasteiger partial charge in [-0.05, 0) is 24.1 Å². The van der Waals surface area contributed by atoms with Crippen molar-refractivity contribution in [2.24, 2.45) is 0 Å². The van der Waals surface area contributed by atoms with Gasteiger partial charge in [0.1, 0.15) is 17.2 Å². The number of hydrogen-bond acceptors (Lipinski definition) is 5.